The highest BCUT2D eigenvalue weighted by molar-refractivity contribution is 7.17. The lowest BCUT2D eigenvalue weighted by Gasteiger charge is -2.25. The van der Waals surface area contributed by atoms with Gasteiger partial charge in [-0.1, -0.05) is 25.1 Å². The number of aromatic nitrogens is 2. The van der Waals surface area contributed by atoms with E-state index in [0.29, 0.717) is 30.0 Å². The van der Waals surface area contributed by atoms with Crippen molar-refractivity contribution in [2.75, 3.05) is 6.54 Å². The summed E-state index contributed by atoms with van der Waals surface area (Å²) in [6.07, 6.45) is -8.09. The van der Waals surface area contributed by atoms with Gasteiger partial charge in [-0.15, -0.1) is 11.3 Å². The quantitative estimate of drug-likeness (QED) is 0.312. The van der Waals surface area contributed by atoms with Gasteiger partial charge in [0, 0.05) is 18.8 Å². The highest BCUT2D eigenvalue weighted by Gasteiger charge is 2.40. The third kappa shape index (κ3) is 6.86. The molecule has 37 heavy (non-hydrogen) atoms. The van der Waals surface area contributed by atoms with Crippen molar-refractivity contribution in [2.24, 2.45) is 0 Å². The number of carbonyl (C=O) groups is 1. The minimum atomic E-state index is -4.93. The van der Waals surface area contributed by atoms with Gasteiger partial charge in [0.2, 0.25) is 0 Å². The van der Waals surface area contributed by atoms with Crippen molar-refractivity contribution in [1.29, 1.82) is 0 Å². The number of carbonyl (C=O) groups excluding carboxylic acids is 1. The third-order valence-corrected chi connectivity index (χ3v) is 6.83. The average Bonchev–Trinajstić information content (AvgIpc) is 3.28. The summed E-state index contributed by atoms with van der Waals surface area (Å²) < 4.78 is 80.8. The maximum Gasteiger partial charge on any atom is 0.435 e. The van der Waals surface area contributed by atoms with E-state index in [1.807, 2.05) is 20.8 Å². The molecule has 3 rings (SSSR count). The molecule has 0 aliphatic carbocycles. The molecule has 1 unspecified atom stereocenters. The molecule has 0 saturated carbocycles. The molecule has 12 heteroatoms. The Bertz CT molecular complexity index is 1240. The van der Waals surface area contributed by atoms with E-state index in [4.69, 9.17) is 0 Å². The molecule has 1 atom stereocenters. The molecule has 0 spiro atoms. The van der Waals surface area contributed by atoms with E-state index in [1.54, 1.807) is 12.1 Å². The Morgan fingerprint density at radius 2 is 1.76 bits per heavy atom. The van der Waals surface area contributed by atoms with Crippen molar-refractivity contribution in [3.05, 3.63) is 69.9 Å². The number of amides is 1. The first-order valence-electron chi connectivity index (χ1n) is 11.5. The summed E-state index contributed by atoms with van der Waals surface area (Å²) in [5.41, 5.74) is -1.30. The number of pyridine rings is 1. The Kier molecular flexibility index (Phi) is 8.63. The topological polar surface area (TPSA) is 58.1 Å². The van der Waals surface area contributed by atoms with Crippen LogP contribution in [0.3, 0.4) is 0 Å². The Labute approximate surface area is 214 Å². The monoisotopic (exact) mass is 544 g/mol. The number of alkyl halides is 6. The second kappa shape index (κ2) is 11.2. The molecular formula is C25H26F6N4OS. The molecule has 200 valence electrons. The van der Waals surface area contributed by atoms with Crippen LogP contribution in [0, 0.1) is 0 Å². The molecule has 0 fully saturated rings. The van der Waals surface area contributed by atoms with Crippen LogP contribution >= 0.6 is 11.3 Å². The smallest absolute Gasteiger partial charge is 0.345 e. The van der Waals surface area contributed by atoms with Gasteiger partial charge in [-0.05, 0) is 56.6 Å². The van der Waals surface area contributed by atoms with Crippen LogP contribution in [0.15, 0.2) is 42.6 Å². The molecule has 0 aliphatic rings. The molecule has 5 nitrogen and oxygen atoms in total. The molecule has 1 aromatic carbocycles. The first kappa shape index (κ1) is 28.6. The number of thiazole rings is 1. The van der Waals surface area contributed by atoms with Crippen LogP contribution in [0.2, 0.25) is 0 Å². The first-order chi connectivity index (χ1) is 17.2. The van der Waals surface area contributed by atoms with Gasteiger partial charge in [-0.3, -0.25) is 14.7 Å². The summed E-state index contributed by atoms with van der Waals surface area (Å²) in [7, 11) is 0. The number of nitrogens with one attached hydrogen (secondary N) is 1. The van der Waals surface area contributed by atoms with Gasteiger partial charge in [0.05, 0.1) is 11.6 Å². The van der Waals surface area contributed by atoms with Crippen molar-refractivity contribution in [3.63, 3.8) is 0 Å². The van der Waals surface area contributed by atoms with Crippen LogP contribution in [-0.2, 0) is 18.9 Å². The normalized spacial score (nSPS) is 13.3. The standard InChI is InChI=1S/C25H26F6N4OS/c1-5-35(14(2)3)13-17-9-7-11-32-19(17)23-34-21(25(29,30)31)20(37-23)22(36)33-15(4)16-8-6-10-18(12-16)24(26,27)28/h6-12,14-15H,5,13H2,1-4H3,(H,33,36). The molecular weight excluding hydrogens is 518 g/mol. The zero-order chi connectivity index (χ0) is 27.5. The van der Waals surface area contributed by atoms with Gasteiger partial charge in [-0.25, -0.2) is 4.98 Å². The third-order valence-electron chi connectivity index (χ3n) is 5.77. The fourth-order valence-electron chi connectivity index (χ4n) is 3.73. The second-order valence-electron chi connectivity index (χ2n) is 8.68. The van der Waals surface area contributed by atoms with Gasteiger partial charge in [0.1, 0.15) is 15.6 Å². The zero-order valence-electron chi connectivity index (χ0n) is 20.5. The number of hydrogen-bond acceptors (Lipinski definition) is 5. The van der Waals surface area contributed by atoms with Crippen LogP contribution in [0.25, 0.3) is 10.7 Å². The molecule has 2 heterocycles. The summed E-state index contributed by atoms with van der Waals surface area (Å²) in [5.74, 6) is -1.09. The van der Waals surface area contributed by atoms with Gasteiger partial charge < -0.3 is 5.32 Å². The molecule has 2 aromatic heterocycles. The van der Waals surface area contributed by atoms with E-state index in [1.165, 1.54) is 25.3 Å². The summed E-state index contributed by atoms with van der Waals surface area (Å²) in [5, 5.41) is 2.31. The predicted octanol–water partition coefficient (Wildman–Crippen LogP) is 6.96. The Balaban J connectivity index is 1.96. The minimum Gasteiger partial charge on any atom is -0.345 e. The van der Waals surface area contributed by atoms with Crippen molar-refractivity contribution in [1.82, 2.24) is 20.2 Å². The number of benzene rings is 1. The maximum atomic E-state index is 13.9. The van der Waals surface area contributed by atoms with E-state index in [-0.39, 0.29) is 22.3 Å². The highest BCUT2D eigenvalue weighted by Crippen LogP contribution is 2.38. The molecule has 0 saturated heterocycles. The van der Waals surface area contributed by atoms with Crippen molar-refractivity contribution < 1.29 is 31.1 Å². The van der Waals surface area contributed by atoms with E-state index in [9.17, 15) is 31.1 Å². The highest BCUT2D eigenvalue weighted by atomic mass is 32.1. The van der Waals surface area contributed by atoms with Crippen LogP contribution in [0.1, 0.15) is 65.8 Å². The number of hydrogen-bond donors (Lipinski definition) is 1. The molecule has 0 bridgehead atoms. The fourth-order valence-corrected chi connectivity index (χ4v) is 4.75. The first-order valence-corrected chi connectivity index (χ1v) is 12.3. The van der Waals surface area contributed by atoms with E-state index in [2.05, 4.69) is 20.2 Å². The van der Waals surface area contributed by atoms with E-state index in [0.717, 1.165) is 12.1 Å². The van der Waals surface area contributed by atoms with Crippen LogP contribution in [-0.4, -0.2) is 33.4 Å². The minimum absolute atomic E-state index is 0.0698. The van der Waals surface area contributed by atoms with Gasteiger partial charge in [0.25, 0.3) is 5.91 Å². The summed E-state index contributed by atoms with van der Waals surface area (Å²) in [6.45, 7) is 8.49. The fraction of sp³-hybridized carbons (Fsp3) is 0.400. The molecule has 1 N–H and O–H groups in total. The van der Waals surface area contributed by atoms with Crippen LogP contribution in [0.4, 0.5) is 26.3 Å². The van der Waals surface area contributed by atoms with Crippen LogP contribution < -0.4 is 5.32 Å². The SMILES string of the molecule is CCN(Cc1cccnc1-c1nc(C(F)(F)F)c(C(=O)NC(C)c2cccc(C(F)(F)F)c2)s1)C(C)C. The summed E-state index contributed by atoms with van der Waals surface area (Å²) in [4.78, 5) is 22.3. The molecule has 0 aliphatic heterocycles. The number of rotatable bonds is 8. The number of halogens is 6. The van der Waals surface area contributed by atoms with Crippen molar-refractivity contribution >= 4 is 17.2 Å². The Morgan fingerprint density at radius 1 is 1.05 bits per heavy atom. The Hall–Kier alpha value is -2.99. The Morgan fingerprint density at radius 3 is 2.35 bits per heavy atom. The average molecular weight is 545 g/mol. The molecule has 0 radical (unpaired) electrons. The van der Waals surface area contributed by atoms with Crippen LogP contribution in [0.5, 0.6) is 0 Å². The van der Waals surface area contributed by atoms with Gasteiger partial charge in [0.15, 0.2) is 5.69 Å². The van der Waals surface area contributed by atoms with E-state index < -0.39 is 40.4 Å². The number of nitrogens with zero attached hydrogens (tertiary/aromatic N) is 3. The molecule has 3 aromatic rings. The lowest BCUT2D eigenvalue weighted by molar-refractivity contribution is -0.141. The van der Waals surface area contributed by atoms with Gasteiger partial charge >= 0.3 is 12.4 Å². The summed E-state index contributed by atoms with van der Waals surface area (Å²) >= 11 is 0.545. The lowest BCUT2D eigenvalue weighted by Crippen LogP contribution is -2.30. The van der Waals surface area contributed by atoms with E-state index >= 15 is 0 Å². The lowest BCUT2D eigenvalue weighted by atomic mass is 10.0. The van der Waals surface area contributed by atoms with Crippen molar-refractivity contribution in [2.45, 2.75) is 58.7 Å². The van der Waals surface area contributed by atoms with Gasteiger partial charge in [-0.2, -0.15) is 26.3 Å². The predicted molar refractivity (Wildman–Crippen MR) is 129 cm³/mol. The molecule has 1 amide bonds. The maximum absolute atomic E-state index is 13.9. The largest absolute Gasteiger partial charge is 0.435 e. The summed E-state index contributed by atoms with van der Waals surface area (Å²) in [6, 6.07) is 6.87. The second-order valence-corrected chi connectivity index (χ2v) is 9.68. The van der Waals surface area contributed by atoms with Crippen molar-refractivity contribution in [3.8, 4) is 10.7 Å². The zero-order valence-corrected chi connectivity index (χ0v) is 21.4.